The first kappa shape index (κ1) is 29.6. The fourth-order valence-corrected chi connectivity index (χ4v) is 4.26. The molecule has 2 aromatic carbocycles. The third-order valence-electron chi connectivity index (χ3n) is 6.09. The molecule has 13 heteroatoms. The highest BCUT2D eigenvalue weighted by Gasteiger charge is 2.30. The standard InChI is InChI=1S/C28H27F5N6O2/c1-16(2)11-34-12-17-9-22(27(41)39(13-17)14-28(31,32)33)26(40)36-23-6-4-5-20(24(23)30)19-8-7-18(29)10-21(19)25-37-35-15-38(25)3/h4-10,13,15-16,34H,11-12,14H2,1-3H3,(H,36,40). The highest BCUT2D eigenvalue weighted by Crippen LogP contribution is 2.35. The molecule has 0 saturated carbocycles. The Bertz CT molecular complexity index is 1630. The maximum absolute atomic E-state index is 15.8. The average molecular weight is 575 g/mol. The lowest BCUT2D eigenvalue weighted by Crippen LogP contribution is -2.34. The summed E-state index contributed by atoms with van der Waals surface area (Å²) < 4.78 is 71.4. The molecule has 0 aliphatic rings. The van der Waals surface area contributed by atoms with Crippen LogP contribution in [0.3, 0.4) is 0 Å². The number of hydrogen-bond acceptors (Lipinski definition) is 5. The van der Waals surface area contributed by atoms with Crippen LogP contribution in [-0.4, -0.2) is 38.0 Å². The highest BCUT2D eigenvalue weighted by atomic mass is 19.4. The summed E-state index contributed by atoms with van der Waals surface area (Å²) in [6.07, 6.45) is -2.27. The van der Waals surface area contributed by atoms with Crippen LogP contribution in [0.2, 0.25) is 0 Å². The van der Waals surface area contributed by atoms with Crippen LogP contribution in [0.25, 0.3) is 22.5 Å². The molecule has 0 aliphatic heterocycles. The first-order chi connectivity index (χ1) is 19.3. The number of amides is 1. The molecule has 216 valence electrons. The zero-order valence-corrected chi connectivity index (χ0v) is 22.4. The first-order valence-electron chi connectivity index (χ1n) is 12.6. The number of carbonyl (C=O) groups excluding carboxylic acids is 1. The fraction of sp³-hybridized carbons (Fsp3) is 0.286. The minimum atomic E-state index is -4.71. The number of aryl methyl sites for hydroxylation is 1. The van der Waals surface area contributed by atoms with Gasteiger partial charge in [0.05, 0.1) is 5.69 Å². The quantitative estimate of drug-likeness (QED) is 0.270. The minimum Gasteiger partial charge on any atom is -0.319 e. The van der Waals surface area contributed by atoms with Gasteiger partial charge < -0.3 is 19.8 Å². The summed E-state index contributed by atoms with van der Waals surface area (Å²) in [6.45, 7) is 2.96. The van der Waals surface area contributed by atoms with Gasteiger partial charge in [0, 0.05) is 30.9 Å². The number of benzene rings is 2. The van der Waals surface area contributed by atoms with E-state index in [1.54, 1.807) is 7.05 Å². The van der Waals surface area contributed by atoms with Gasteiger partial charge >= 0.3 is 6.18 Å². The number of anilines is 1. The summed E-state index contributed by atoms with van der Waals surface area (Å²) in [5, 5.41) is 13.1. The number of aromatic nitrogens is 4. The van der Waals surface area contributed by atoms with E-state index in [1.165, 1.54) is 47.3 Å². The summed E-state index contributed by atoms with van der Waals surface area (Å²) >= 11 is 0. The van der Waals surface area contributed by atoms with Gasteiger partial charge in [-0.05, 0) is 47.9 Å². The van der Waals surface area contributed by atoms with Crippen molar-refractivity contribution in [1.29, 1.82) is 0 Å². The molecule has 1 amide bonds. The van der Waals surface area contributed by atoms with Crippen molar-refractivity contribution in [2.75, 3.05) is 11.9 Å². The predicted octanol–water partition coefficient (Wildman–Crippen LogP) is 5.15. The van der Waals surface area contributed by atoms with Gasteiger partial charge in [0.25, 0.3) is 11.5 Å². The van der Waals surface area contributed by atoms with Gasteiger partial charge in [-0.25, -0.2) is 8.78 Å². The van der Waals surface area contributed by atoms with Gasteiger partial charge in [-0.1, -0.05) is 32.0 Å². The third kappa shape index (κ3) is 7.04. The van der Waals surface area contributed by atoms with Crippen molar-refractivity contribution >= 4 is 11.6 Å². The Morgan fingerprint density at radius 1 is 1.05 bits per heavy atom. The minimum absolute atomic E-state index is 0.0121. The van der Waals surface area contributed by atoms with Crippen LogP contribution < -0.4 is 16.2 Å². The number of nitrogens with zero attached hydrogens (tertiary/aromatic N) is 4. The largest absolute Gasteiger partial charge is 0.406 e. The molecule has 0 fully saturated rings. The molecule has 0 spiro atoms. The molecule has 0 aliphatic carbocycles. The Morgan fingerprint density at radius 2 is 1.80 bits per heavy atom. The van der Waals surface area contributed by atoms with Gasteiger partial charge in [0.15, 0.2) is 11.6 Å². The molecular weight excluding hydrogens is 547 g/mol. The molecule has 0 saturated heterocycles. The summed E-state index contributed by atoms with van der Waals surface area (Å²) in [5.41, 5.74) is -1.33. The van der Waals surface area contributed by atoms with Crippen LogP contribution in [0.1, 0.15) is 29.8 Å². The molecule has 41 heavy (non-hydrogen) atoms. The van der Waals surface area contributed by atoms with Crippen molar-refractivity contribution in [3.63, 3.8) is 0 Å². The normalized spacial score (nSPS) is 11.7. The summed E-state index contributed by atoms with van der Waals surface area (Å²) in [4.78, 5) is 26.0. The Labute approximate surface area is 231 Å². The molecule has 4 aromatic rings. The molecule has 0 unspecified atom stereocenters. The van der Waals surface area contributed by atoms with Crippen LogP contribution in [-0.2, 0) is 20.1 Å². The van der Waals surface area contributed by atoms with E-state index in [2.05, 4.69) is 20.8 Å². The van der Waals surface area contributed by atoms with Gasteiger partial charge in [-0.15, -0.1) is 10.2 Å². The monoisotopic (exact) mass is 574 g/mol. The van der Waals surface area contributed by atoms with Crippen LogP contribution in [0.5, 0.6) is 0 Å². The van der Waals surface area contributed by atoms with Crippen molar-refractivity contribution < 1.29 is 26.7 Å². The maximum Gasteiger partial charge on any atom is 0.406 e. The van der Waals surface area contributed by atoms with E-state index in [4.69, 9.17) is 0 Å². The number of pyridine rings is 1. The zero-order chi connectivity index (χ0) is 29.9. The van der Waals surface area contributed by atoms with E-state index in [0.29, 0.717) is 11.1 Å². The lowest BCUT2D eigenvalue weighted by Gasteiger charge is -2.16. The van der Waals surface area contributed by atoms with Gasteiger partial charge in [0.2, 0.25) is 0 Å². The van der Waals surface area contributed by atoms with Crippen LogP contribution in [0, 0.1) is 17.6 Å². The smallest absolute Gasteiger partial charge is 0.319 e. The molecule has 8 nitrogen and oxygen atoms in total. The molecule has 0 radical (unpaired) electrons. The Hall–Kier alpha value is -4.39. The second-order valence-corrected chi connectivity index (χ2v) is 9.91. The van der Waals surface area contributed by atoms with Crippen molar-refractivity contribution in [3.8, 4) is 22.5 Å². The van der Waals surface area contributed by atoms with E-state index < -0.39 is 41.4 Å². The number of halogens is 5. The summed E-state index contributed by atoms with van der Waals surface area (Å²) in [7, 11) is 1.63. The van der Waals surface area contributed by atoms with Crippen LogP contribution in [0.15, 0.2) is 59.8 Å². The van der Waals surface area contributed by atoms with E-state index >= 15 is 4.39 Å². The molecule has 4 rings (SSSR count). The SMILES string of the molecule is CC(C)CNCc1cc(C(=O)Nc2cccc(-c3ccc(F)cc3-c3nncn3C)c2F)c(=O)n(CC(F)(F)F)c1. The molecule has 0 bridgehead atoms. The third-order valence-corrected chi connectivity index (χ3v) is 6.09. The Balaban J connectivity index is 1.71. The van der Waals surface area contributed by atoms with Crippen molar-refractivity contribution in [2.45, 2.75) is 33.1 Å². The second kappa shape index (κ2) is 12.0. The van der Waals surface area contributed by atoms with Gasteiger partial charge in [-0.3, -0.25) is 9.59 Å². The maximum atomic E-state index is 15.8. The zero-order valence-electron chi connectivity index (χ0n) is 22.4. The molecule has 2 N–H and O–H groups in total. The summed E-state index contributed by atoms with van der Waals surface area (Å²) in [6, 6.07) is 8.94. The van der Waals surface area contributed by atoms with Gasteiger partial charge in [-0.2, -0.15) is 13.2 Å². The Kier molecular flexibility index (Phi) is 8.66. The lowest BCUT2D eigenvalue weighted by atomic mass is 9.97. The van der Waals surface area contributed by atoms with E-state index in [1.807, 2.05) is 13.8 Å². The molecular formula is C28H27F5N6O2. The van der Waals surface area contributed by atoms with Crippen molar-refractivity contribution in [2.24, 2.45) is 13.0 Å². The first-order valence-corrected chi connectivity index (χ1v) is 12.6. The van der Waals surface area contributed by atoms with Crippen molar-refractivity contribution in [1.82, 2.24) is 24.6 Å². The average Bonchev–Trinajstić information content (AvgIpc) is 3.31. The van der Waals surface area contributed by atoms with E-state index in [9.17, 15) is 27.2 Å². The van der Waals surface area contributed by atoms with Gasteiger partial charge in [0.1, 0.15) is 24.3 Å². The molecule has 0 atom stereocenters. The van der Waals surface area contributed by atoms with Crippen LogP contribution in [0.4, 0.5) is 27.6 Å². The van der Waals surface area contributed by atoms with E-state index in [-0.39, 0.29) is 46.2 Å². The van der Waals surface area contributed by atoms with Crippen LogP contribution >= 0.6 is 0 Å². The van der Waals surface area contributed by atoms with Crippen molar-refractivity contribution in [3.05, 3.63) is 88.1 Å². The van der Waals surface area contributed by atoms with E-state index in [0.717, 1.165) is 12.3 Å². The molecule has 2 aromatic heterocycles. The number of hydrogen-bond donors (Lipinski definition) is 2. The topological polar surface area (TPSA) is 93.8 Å². The number of alkyl halides is 3. The lowest BCUT2D eigenvalue weighted by molar-refractivity contribution is -0.141. The predicted molar refractivity (Wildman–Crippen MR) is 143 cm³/mol. The summed E-state index contributed by atoms with van der Waals surface area (Å²) in [5.74, 6) is -2.05. The highest BCUT2D eigenvalue weighted by molar-refractivity contribution is 6.04. The second-order valence-electron chi connectivity index (χ2n) is 9.91. The molecule has 2 heterocycles. The number of rotatable bonds is 9. The number of nitrogens with one attached hydrogen (secondary N) is 2. The Morgan fingerprint density at radius 3 is 2.46 bits per heavy atom. The number of carbonyl (C=O) groups is 1. The fourth-order valence-electron chi connectivity index (χ4n) is 4.26.